The molecule has 0 aromatic carbocycles. The molecule has 0 aliphatic heterocycles. The average Bonchev–Trinajstić information content (AvgIpc) is 2.33. The minimum atomic E-state index is -2.97. The van der Waals surface area contributed by atoms with Crippen LogP contribution in [0.1, 0.15) is 35.0 Å². The van der Waals surface area contributed by atoms with Crippen molar-refractivity contribution in [1.29, 1.82) is 0 Å². The lowest BCUT2D eigenvalue weighted by Crippen LogP contribution is -2.10. The number of hydrogen-bond donors (Lipinski definition) is 1. The van der Waals surface area contributed by atoms with E-state index in [4.69, 9.17) is 0 Å². The van der Waals surface area contributed by atoms with Gasteiger partial charge in [0, 0.05) is 17.2 Å². The standard InChI is InChI=1S/C13H19NO4S2/c1-4-20(17,18)7-5-6-19-12-11(13(15)16)9(2)8-10(3)14-12/h8H,4-7H2,1-3H3,(H,15,16). The summed E-state index contributed by atoms with van der Waals surface area (Å²) in [6.07, 6.45) is 0.495. The number of aromatic carboxylic acids is 1. The van der Waals surface area contributed by atoms with Gasteiger partial charge in [-0.15, -0.1) is 11.8 Å². The van der Waals surface area contributed by atoms with Gasteiger partial charge in [0.15, 0.2) is 0 Å². The number of pyridine rings is 1. The minimum Gasteiger partial charge on any atom is -0.478 e. The highest BCUT2D eigenvalue weighted by molar-refractivity contribution is 7.99. The fourth-order valence-electron chi connectivity index (χ4n) is 1.76. The molecule has 0 fully saturated rings. The fourth-order valence-corrected chi connectivity index (χ4v) is 3.90. The normalized spacial score (nSPS) is 11.6. The van der Waals surface area contributed by atoms with Crippen LogP contribution < -0.4 is 0 Å². The van der Waals surface area contributed by atoms with Gasteiger partial charge in [0.25, 0.3) is 0 Å². The first kappa shape index (κ1) is 17.0. The zero-order valence-electron chi connectivity index (χ0n) is 11.8. The van der Waals surface area contributed by atoms with E-state index in [9.17, 15) is 18.3 Å². The molecule has 1 N–H and O–H groups in total. The number of carboxylic acids is 1. The quantitative estimate of drug-likeness (QED) is 0.613. The van der Waals surface area contributed by atoms with Crippen LogP contribution in [0.4, 0.5) is 0 Å². The molecular weight excluding hydrogens is 298 g/mol. The molecule has 0 spiro atoms. The molecule has 1 aromatic rings. The van der Waals surface area contributed by atoms with Crippen molar-refractivity contribution in [3.05, 3.63) is 22.9 Å². The lowest BCUT2D eigenvalue weighted by molar-refractivity contribution is 0.0691. The van der Waals surface area contributed by atoms with Crippen LogP contribution in [0.2, 0.25) is 0 Å². The Morgan fingerprint density at radius 3 is 2.60 bits per heavy atom. The number of rotatable bonds is 7. The van der Waals surface area contributed by atoms with Gasteiger partial charge in [-0.05, 0) is 31.9 Å². The first-order valence-corrected chi connectivity index (χ1v) is 9.12. The molecule has 20 heavy (non-hydrogen) atoms. The molecule has 5 nitrogen and oxygen atoms in total. The summed E-state index contributed by atoms with van der Waals surface area (Å²) in [5.74, 6) is -0.197. The molecule has 0 aliphatic rings. The van der Waals surface area contributed by atoms with Gasteiger partial charge in [0.2, 0.25) is 0 Å². The molecule has 0 bridgehead atoms. The van der Waals surface area contributed by atoms with Crippen LogP contribution in [0.25, 0.3) is 0 Å². The summed E-state index contributed by atoms with van der Waals surface area (Å²) in [5.41, 5.74) is 1.64. The number of carboxylic acid groups (broad SMARTS) is 1. The van der Waals surface area contributed by atoms with E-state index in [-0.39, 0.29) is 17.1 Å². The van der Waals surface area contributed by atoms with Gasteiger partial charge in [0.05, 0.1) is 11.3 Å². The van der Waals surface area contributed by atoms with Gasteiger partial charge in [-0.25, -0.2) is 18.2 Å². The Hall–Kier alpha value is -1.08. The van der Waals surface area contributed by atoms with E-state index < -0.39 is 15.8 Å². The van der Waals surface area contributed by atoms with E-state index in [1.165, 1.54) is 11.8 Å². The van der Waals surface area contributed by atoms with E-state index in [2.05, 4.69) is 4.98 Å². The summed E-state index contributed by atoms with van der Waals surface area (Å²) < 4.78 is 22.8. The van der Waals surface area contributed by atoms with Crippen molar-refractivity contribution in [3.8, 4) is 0 Å². The summed E-state index contributed by atoms with van der Waals surface area (Å²) in [6.45, 7) is 5.17. The largest absolute Gasteiger partial charge is 0.478 e. The number of aromatic nitrogens is 1. The first-order chi connectivity index (χ1) is 9.26. The van der Waals surface area contributed by atoms with E-state index in [1.54, 1.807) is 19.9 Å². The van der Waals surface area contributed by atoms with Crippen LogP contribution in [-0.2, 0) is 9.84 Å². The molecule has 1 rings (SSSR count). The van der Waals surface area contributed by atoms with E-state index in [1.807, 2.05) is 6.92 Å². The SMILES string of the molecule is CCS(=O)(=O)CCCSc1nc(C)cc(C)c1C(=O)O. The maximum Gasteiger partial charge on any atom is 0.338 e. The molecule has 7 heteroatoms. The van der Waals surface area contributed by atoms with Gasteiger partial charge in [-0.3, -0.25) is 0 Å². The number of thioether (sulfide) groups is 1. The van der Waals surface area contributed by atoms with Crippen molar-refractivity contribution in [2.45, 2.75) is 32.2 Å². The van der Waals surface area contributed by atoms with Gasteiger partial charge in [0.1, 0.15) is 14.9 Å². The average molecular weight is 317 g/mol. The molecule has 1 heterocycles. The topological polar surface area (TPSA) is 84.3 Å². The molecule has 0 unspecified atom stereocenters. The molecule has 0 saturated carbocycles. The zero-order chi connectivity index (χ0) is 15.3. The van der Waals surface area contributed by atoms with Crippen LogP contribution in [0.5, 0.6) is 0 Å². The Morgan fingerprint density at radius 1 is 1.40 bits per heavy atom. The Bertz CT molecular complexity index is 597. The molecule has 112 valence electrons. The van der Waals surface area contributed by atoms with Gasteiger partial charge >= 0.3 is 5.97 Å². The molecule has 1 aromatic heterocycles. The van der Waals surface area contributed by atoms with Crippen LogP contribution in [-0.4, -0.2) is 41.7 Å². The second-order valence-electron chi connectivity index (χ2n) is 4.50. The van der Waals surface area contributed by atoms with Crippen molar-refractivity contribution in [2.75, 3.05) is 17.3 Å². The van der Waals surface area contributed by atoms with E-state index >= 15 is 0 Å². The van der Waals surface area contributed by atoms with Crippen LogP contribution >= 0.6 is 11.8 Å². The predicted molar refractivity (Wildman–Crippen MR) is 80.3 cm³/mol. The predicted octanol–water partition coefficient (Wildman–Crippen LogP) is 2.31. The minimum absolute atomic E-state index is 0.129. The number of carbonyl (C=O) groups is 1. The van der Waals surface area contributed by atoms with Crippen molar-refractivity contribution in [2.24, 2.45) is 0 Å². The maximum atomic E-state index is 11.4. The molecule has 0 saturated heterocycles. The Morgan fingerprint density at radius 2 is 2.05 bits per heavy atom. The van der Waals surface area contributed by atoms with Gasteiger partial charge in [-0.2, -0.15) is 0 Å². The third-order valence-electron chi connectivity index (χ3n) is 2.80. The summed E-state index contributed by atoms with van der Waals surface area (Å²) >= 11 is 1.30. The second kappa shape index (κ2) is 7.08. The summed E-state index contributed by atoms with van der Waals surface area (Å²) in [4.78, 5) is 15.5. The Kier molecular flexibility index (Phi) is 6.01. The van der Waals surface area contributed by atoms with Crippen LogP contribution in [0.3, 0.4) is 0 Å². The second-order valence-corrected chi connectivity index (χ2v) is 8.06. The fraction of sp³-hybridized carbons (Fsp3) is 0.538. The number of aryl methyl sites for hydroxylation is 2. The van der Waals surface area contributed by atoms with Gasteiger partial charge in [-0.1, -0.05) is 6.92 Å². The van der Waals surface area contributed by atoms with Gasteiger partial charge < -0.3 is 5.11 Å². The monoisotopic (exact) mass is 317 g/mol. The lowest BCUT2D eigenvalue weighted by atomic mass is 10.1. The number of sulfone groups is 1. The van der Waals surface area contributed by atoms with Crippen LogP contribution in [0.15, 0.2) is 11.1 Å². The highest BCUT2D eigenvalue weighted by Gasteiger charge is 2.16. The smallest absolute Gasteiger partial charge is 0.338 e. The zero-order valence-corrected chi connectivity index (χ0v) is 13.5. The van der Waals surface area contributed by atoms with Crippen molar-refractivity contribution in [1.82, 2.24) is 4.98 Å². The van der Waals surface area contributed by atoms with Crippen molar-refractivity contribution in [3.63, 3.8) is 0 Å². The summed E-state index contributed by atoms with van der Waals surface area (Å²) in [5, 5.41) is 9.67. The maximum absolute atomic E-state index is 11.4. The highest BCUT2D eigenvalue weighted by atomic mass is 32.2. The van der Waals surface area contributed by atoms with Crippen molar-refractivity contribution >= 4 is 27.6 Å². The van der Waals surface area contributed by atoms with E-state index in [0.29, 0.717) is 22.8 Å². The van der Waals surface area contributed by atoms with Crippen LogP contribution in [0, 0.1) is 13.8 Å². The summed E-state index contributed by atoms with van der Waals surface area (Å²) in [7, 11) is -2.97. The molecule has 0 aliphatic carbocycles. The molecule has 0 amide bonds. The third-order valence-corrected chi connectivity index (χ3v) is 5.66. The van der Waals surface area contributed by atoms with E-state index in [0.717, 1.165) is 5.69 Å². The third kappa shape index (κ3) is 4.79. The summed E-state index contributed by atoms with van der Waals surface area (Å²) in [6, 6.07) is 1.73. The molecule has 0 atom stereocenters. The lowest BCUT2D eigenvalue weighted by Gasteiger charge is -2.09. The first-order valence-electron chi connectivity index (χ1n) is 6.31. The Labute approximate surface area is 123 Å². The molecular formula is C13H19NO4S2. The molecule has 0 radical (unpaired) electrons. The highest BCUT2D eigenvalue weighted by Crippen LogP contribution is 2.25. The number of nitrogens with zero attached hydrogens (tertiary/aromatic N) is 1. The Balaban J connectivity index is 2.76. The number of hydrogen-bond acceptors (Lipinski definition) is 5. The van der Waals surface area contributed by atoms with Crippen molar-refractivity contribution < 1.29 is 18.3 Å².